The van der Waals surface area contributed by atoms with Crippen LogP contribution in [0.3, 0.4) is 0 Å². The highest BCUT2D eigenvalue weighted by molar-refractivity contribution is 5.99. The van der Waals surface area contributed by atoms with Crippen molar-refractivity contribution in [1.82, 2.24) is 24.3 Å². The van der Waals surface area contributed by atoms with E-state index in [0.29, 0.717) is 29.2 Å². The fourth-order valence-corrected chi connectivity index (χ4v) is 5.19. The van der Waals surface area contributed by atoms with Gasteiger partial charge in [0.15, 0.2) is 0 Å². The number of nitrogens with zero attached hydrogens (tertiary/aromatic N) is 3. The zero-order valence-corrected chi connectivity index (χ0v) is 17.9. The van der Waals surface area contributed by atoms with Gasteiger partial charge in [0, 0.05) is 50.3 Å². The SMILES string of the molecule is Cc1ccc(F)c2cc(C(=O)N[C@@H]3CCC[C@H](N4CCn5c(cn(C)c5=O)C4)C3)[nH]c12. The number of nitrogens with one attached hydrogen (secondary N) is 2. The van der Waals surface area contributed by atoms with Crippen LogP contribution in [0.2, 0.25) is 0 Å². The molecule has 3 aromatic rings. The molecule has 2 aromatic heterocycles. The Morgan fingerprint density at radius 2 is 2.10 bits per heavy atom. The van der Waals surface area contributed by atoms with E-state index in [9.17, 15) is 14.0 Å². The van der Waals surface area contributed by atoms with E-state index in [4.69, 9.17) is 0 Å². The number of imidazole rings is 1. The number of halogens is 1. The van der Waals surface area contributed by atoms with Gasteiger partial charge in [-0.25, -0.2) is 9.18 Å². The van der Waals surface area contributed by atoms with Crippen molar-refractivity contribution in [2.75, 3.05) is 6.54 Å². The maximum atomic E-state index is 14.1. The normalized spacial score (nSPS) is 21.9. The van der Waals surface area contributed by atoms with Gasteiger partial charge in [0.05, 0.1) is 11.2 Å². The first-order valence-corrected chi connectivity index (χ1v) is 11.0. The van der Waals surface area contributed by atoms with Crippen molar-refractivity contribution in [2.24, 2.45) is 7.05 Å². The van der Waals surface area contributed by atoms with Crippen LogP contribution in [0, 0.1) is 12.7 Å². The highest BCUT2D eigenvalue weighted by Crippen LogP contribution is 2.27. The van der Waals surface area contributed by atoms with Crippen LogP contribution in [-0.4, -0.2) is 43.6 Å². The maximum absolute atomic E-state index is 14.1. The molecule has 0 unspecified atom stereocenters. The van der Waals surface area contributed by atoms with Crippen molar-refractivity contribution in [3.05, 3.63) is 57.6 Å². The molecule has 2 N–H and O–H groups in total. The number of benzene rings is 1. The molecule has 31 heavy (non-hydrogen) atoms. The van der Waals surface area contributed by atoms with Crippen molar-refractivity contribution >= 4 is 16.8 Å². The smallest absolute Gasteiger partial charge is 0.328 e. The van der Waals surface area contributed by atoms with Gasteiger partial charge >= 0.3 is 5.69 Å². The van der Waals surface area contributed by atoms with E-state index in [-0.39, 0.29) is 23.5 Å². The van der Waals surface area contributed by atoms with Crippen molar-refractivity contribution in [3.8, 4) is 0 Å². The van der Waals surface area contributed by atoms with Gasteiger partial charge in [-0.2, -0.15) is 0 Å². The summed E-state index contributed by atoms with van der Waals surface area (Å²) in [6.45, 7) is 4.23. The first-order valence-electron chi connectivity index (χ1n) is 11.0. The Labute approximate surface area is 179 Å². The Balaban J connectivity index is 1.27. The van der Waals surface area contributed by atoms with E-state index in [1.54, 1.807) is 23.7 Å². The molecule has 1 aliphatic carbocycles. The minimum atomic E-state index is -0.321. The molecule has 1 saturated carbocycles. The predicted molar refractivity (Wildman–Crippen MR) is 117 cm³/mol. The van der Waals surface area contributed by atoms with E-state index < -0.39 is 0 Å². The molecular weight excluding hydrogens is 397 g/mol. The largest absolute Gasteiger partial charge is 0.350 e. The van der Waals surface area contributed by atoms with Crippen LogP contribution in [-0.2, 0) is 20.1 Å². The zero-order chi connectivity index (χ0) is 21.7. The molecule has 7 nitrogen and oxygen atoms in total. The molecular formula is C23H28FN5O2. The van der Waals surface area contributed by atoms with Gasteiger partial charge in [0.2, 0.25) is 0 Å². The van der Waals surface area contributed by atoms with Crippen molar-refractivity contribution in [1.29, 1.82) is 0 Å². The number of fused-ring (bicyclic) bond motifs is 2. The number of hydrogen-bond acceptors (Lipinski definition) is 3. The Hall–Kier alpha value is -2.87. The first-order chi connectivity index (χ1) is 14.9. The minimum Gasteiger partial charge on any atom is -0.350 e. The van der Waals surface area contributed by atoms with Gasteiger partial charge in [-0.3, -0.25) is 14.3 Å². The van der Waals surface area contributed by atoms with Gasteiger partial charge in [-0.15, -0.1) is 0 Å². The quantitative estimate of drug-likeness (QED) is 0.678. The second-order valence-corrected chi connectivity index (χ2v) is 8.96. The third-order valence-corrected chi connectivity index (χ3v) is 6.89. The second-order valence-electron chi connectivity index (χ2n) is 8.96. The van der Waals surface area contributed by atoms with Crippen LogP contribution in [0.4, 0.5) is 4.39 Å². The average Bonchev–Trinajstić information content (AvgIpc) is 3.34. The molecule has 2 aliphatic rings. The molecule has 0 saturated heterocycles. The number of H-pyrrole nitrogens is 1. The van der Waals surface area contributed by atoms with Gasteiger partial charge in [0.1, 0.15) is 11.5 Å². The third-order valence-electron chi connectivity index (χ3n) is 6.89. The van der Waals surface area contributed by atoms with Crippen molar-refractivity contribution < 1.29 is 9.18 Å². The molecule has 164 valence electrons. The monoisotopic (exact) mass is 425 g/mol. The molecule has 1 fully saturated rings. The molecule has 5 rings (SSSR count). The van der Waals surface area contributed by atoms with E-state index in [1.165, 1.54) is 6.07 Å². The van der Waals surface area contributed by atoms with Crippen LogP contribution in [0.5, 0.6) is 0 Å². The average molecular weight is 426 g/mol. The lowest BCUT2D eigenvalue weighted by Gasteiger charge is -2.39. The number of aryl methyl sites for hydroxylation is 2. The summed E-state index contributed by atoms with van der Waals surface area (Å²) >= 11 is 0. The van der Waals surface area contributed by atoms with Gasteiger partial charge in [-0.1, -0.05) is 6.07 Å². The van der Waals surface area contributed by atoms with Crippen LogP contribution in [0.1, 0.15) is 47.4 Å². The summed E-state index contributed by atoms with van der Waals surface area (Å²) in [4.78, 5) is 30.5. The molecule has 1 amide bonds. The Morgan fingerprint density at radius 3 is 2.90 bits per heavy atom. The molecule has 8 heteroatoms. The van der Waals surface area contributed by atoms with E-state index >= 15 is 0 Å². The summed E-state index contributed by atoms with van der Waals surface area (Å²) in [7, 11) is 1.79. The summed E-state index contributed by atoms with van der Waals surface area (Å²) in [5.41, 5.74) is 3.09. The molecule has 0 spiro atoms. The molecule has 1 aliphatic heterocycles. The summed E-state index contributed by atoms with van der Waals surface area (Å²) in [6, 6.07) is 5.22. The number of amides is 1. The van der Waals surface area contributed by atoms with Gasteiger partial charge in [-0.05, 0) is 50.3 Å². The van der Waals surface area contributed by atoms with Crippen LogP contribution >= 0.6 is 0 Å². The molecule has 0 radical (unpaired) electrons. The summed E-state index contributed by atoms with van der Waals surface area (Å²) in [6.07, 6.45) is 5.90. The lowest BCUT2D eigenvalue weighted by atomic mass is 9.89. The molecule has 0 bridgehead atoms. The Bertz CT molecular complexity index is 1170. The minimum absolute atomic E-state index is 0.0495. The highest BCUT2D eigenvalue weighted by atomic mass is 19.1. The summed E-state index contributed by atoms with van der Waals surface area (Å²) < 4.78 is 17.6. The van der Waals surface area contributed by atoms with Gasteiger partial charge in [0.25, 0.3) is 5.91 Å². The fraction of sp³-hybridized carbons (Fsp3) is 0.478. The van der Waals surface area contributed by atoms with Crippen molar-refractivity contribution in [3.63, 3.8) is 0 Å². The Kier molecular flexibility index (Phi) is 4.97. The standard InChI is InChI=1S/C23H28FN5O2/c1-14-6-7-19(24)18-11-20(26-21(14)18)22(30)25-15-4-3-5-16(10-15)28-8-9-29-17(13-28)12-27(2)23(29)31/h6-7,11-12,15-16,26H,3-5,8-10,13H2,1-2H3,(H,25,30)/t15-,16+/m1/s1. The zero-order valence-electron chi connectivity index (χ0n) is 17.9. The fourth-order valence-electron chi connectivity index (χ4n) is 5.19. The van der Waals surface area contributed by atoms with E-state index in [2.05, 4.69) is 15.2 Å². The third kappa shape index (κ3) is 3.59. The van der Waals surface area contributed by atoms with Crippen LogP contribution in [0.25, 0.3) is 10.9 Å². The number of carbonyl (C=O) groups is 1. The van der Waals surface area contributed by atoms with Crippen LogP contribution in [0.15, 0.2) is 29.2 Å². The number of carbonyl (C=O) groups excluding carboxylic acids is 1. The summed E-state index contributed by atoms with van der Waals surface area (Å²) in [5.74, 6) is -0.505. The van der Waals surface area contributed by atoms with E-state index in [1.807, 2.05) is 17.7 Å². The number of hydrogen-bond donors (Lipinski definition) is 2. The second kappa shape index (κ2) is 7.67. The first kappa shape index (κ1) is 20.1. The molecule has 2 atom stereocenters. The molecule has 3 heterocycles. The van der Waals surface area contributed by atoms with Crippen LogP contribution < -0.4 is 11.0 Å². The highest BCUT2D eigenvalue weighted by Gasteiger charge is 2.31. The lowest BCUT2D eigenvalue weighted by Crippen LogP contribution is -2.48. The number of aromatic nitrogens is 3. The number of aromatic amines is 1. The van der Waals surface area contributed by atoms with E-state index in [0.717, 1.165) is 50.0 Å². The lowest BCUT2D eigenvalue weighted by molar-refractivity contribution is 0.0853. The molecule has 1 aromatic carbocycles. The number of rotatable bonds is 3. The summed E-state index contributed by atoms with van der Waals surface area (Å²) in [5, 5.41) is 3.61. The predicted octanol–water partition coefficient (Wildman–Crippen LogP) is 2.67. The van der Waals surface area contributed by atoms with Gasteiger partial charge < -0.3 is 14.9 Å². The topological polar surface area (TPSA) is 75.1 Å². The van der Waals surface area contributed by atoms with Crippen molar-refractivity contribution in [2.45, 2.75) is 57.8 Å². The maximum Gasteiger partial charge on any atom is 0.328 e. The Morgan fingerprint density at radius 1 is 1.26 bits per heavy atom.